The summed E-state index contributed by atoms with van der Waals surface area (Å²) in [5, 5.41) is 19.7. The molecule has 1 atom stereocenters. The van der Waals surface area contributed by atoms with Crippen LogP contribution < -0.4 is 4.31 Å². The molecule has 0 saturated heterocycles. The van der Waals surface area contributed by atoms with E-state index in [1.54, 1.807) is 42.5 Å². The normalized spacial score (nSPS) is 11.8. The highest BCUT2D eigenvalue weighted by atomic mass is 35.5. The zero-order valence-electron chi connectivity index (χ0n) is 14.0. The van der Waals surface area contributed by atoms with E-state index in [4.69, 9.17) is 28.3 Å². The van der Waals surface area contributed by atoms with E-state index in [0.29, 0.717) is 21.3 Å². The van der Waals surface area contributed by atoms with E-state index in [1.807, 2.05) is 0 Å². The fraction of sp³-hybridized carbons (Fsp3) is 0. The van der Waals surface area contributed by atoms with E-state index < -0.39 is 23.0 Å². The van der Waals surface area contributed by atoms with Gasteiger partial charge in [-0.15, -0.1) is 0 Å². The first-order valence-electron chi connectivity index (χ1n) is 7.79. The molecule has 28 heavy (non-hydrogen) atoms. The average molecular weight is 437 g/mol. The van der Waals surface area contributed by atoms with Crippen LogP contribution in [0.2, 0.25) is 10.0 Å². The molecule has 2 N–H and O–H groups in total. The summed E-state index contributed by atoms with van der Waals surface area (Å²) in [4.78, 5) is 11.0. The number of phenols is 1. The molecule has 3 aromatic carbocycles. The molecule has 0 saturated carbocycles. The standard InChI is InChI=1S/C19H13Cl2NO5S/c20-16-7-4-12(9-17(16)21)11-2-1-3-13(8-11)22(28(26)27)14-5-6-15(19(24)25)18(23)10-14/h1-10,23H,(H,24,25)(H,26,27)/p-1. The van der Waals surface area contributed by atoms with Crippen molar-refractivity contribution in [2.75, 3.05) is 4.31 Å². The van der Waals surface area contributed by atoms with Gasteiger partial charge in [0, 0.05) is 6.07 Å². The first-order chi connectivity index (χ1) is 13.3. The molecular formula is C19H12Cl2NO5S-. The third-order valence-electron chi connectivity index (χ3n) is 3.93. The van der Waals surface area contributed by atoms with E-state index in [1.165, 1.54) is 6.07 Å². The highest BCUT2D eigenvalue weighted by Gasteiger charge is 2.16. The minimum Gasteiger partial charge on any atom is -0.755 e. The Labute approximate surface area is 173 Å². The zero-order valence-corrected chi connectivity index (χ0v) is 16.3. The van der Waals surface area contributed by atoms with Gasteiger partial charge in [0.1, 0.15) is 11.3 Å². The average Bonchev–Trinajstić information content (AvgIpc) is 2.64. The van der Waals surface area contributed by atoms with Crippen LogP contribution >= 0.6 is 23.2 Å². The molecule has 0 heterocycles. The van der Waals surface area contributed by atoms with E-state index in [-0.39, 0.29) is 11.3 Å². The van der Waals surface area contributed by atoms with Crippen LogP contribution in [0.25, 0.3) is 11.1 Å². The van der Waals surface area contributed by atoms with Gasteiger partial charge in [-0.25, -0.2) is 4.79 Å². The predicted octanol–water partition coefficient (Wildman–Crippen LogP) is 5.00. The SMILES string of the molecule is O=C(O)c1ccc(N(c2cccc(-c3ccc(Cl)c(Cl)c3)c2)S(=O)[O-])cc1O. The second-order valence-corrected chi connectivity index (χ2v) is 7.31. The summed E-state index contributed by atoms with van der Waals surface area (Å²) in [5.41, 5.74) is 1.47. The van der Waals surface area contributed by atoms with Gasteiger partial charge in [-0.3, -0.25) is 8.51 Å². The molecular weight excluding hydrogens is 425 g/mol. The smallest absolute Gasteiger partial charge is 0.339 e. The number of carboxylic acids is 1. The number of hydrogen-bond acceptors (Lipinski definition) is 4. The van der Waals surface area contributed by atoms with E-state index in [2.05, 4.69) is 0 Å². The zero-order chi connectivity index (χ0) is 20.4. The van der Waals surface area contributed by atoms with Crippen molar-refractivity contribution in [3.63, 3.8) is 0 Å². The molecule has 1 unspecified atom stereocenters. The van der Waals surface area contributed by atoms with Crippen molar-refractivity contribution in [3.8, 4) is 16.9 Å². The number of rotatable bonds is 5. The highest BCUT2D eigenvalue weighted by molar-refractivity contribution is 7.81. The number of carbonyl (C=O) groups is 1. The second kappa shape index (κ2) is 8.20. The van der Waals surface area contributed by atoms with Gasteiger partial charge in [-0.2, -0.15) is 0 Å². The molecule has 0 fully saturated rings. The van der Waals surface area contributed by atoms with E-state index in [9.17, 15) is 18.7 Å². The molecule has 0 amide bonds. The summed E-state index contributed by atoms with van der Waals surface area (Å²) >= 11 is 9.26. The lowest BCUT2D eigenvalue weighted by Gasteiger charge is -2.27. The number of carboxylic acid groups (broad SMARTS) is 1. The highest BCUT2D eigenvalue weighted by Crippen LogP contribution is 2.35. The molecule has 0 radical (unpaired) electrons. The quantitative estimate of drug-likeness (QED) is 0.548. The first-order valence-corrected chi connectivity index (χ1v) is 9.58. The van der Waals surface area contributed by atoms with Gasteiger partial charge in [0.25, 0.3) is 0 Å². The Morgan fingerprint density at radius 3 is 2.21 bits per heavy atom. The molecule has 144 valence electrons. The maximum absolute atomic E-state index is 11.9. The van der Waals surface area contributed by atoms with Crippen molar-refractivity contribution >= 4 is 51.8 Å². The molecule has 9 heteroatoms. The van der Waals surface area contributed by atoms with Crippen molar-refractivity contribution < 1.29 is 23.8 Å². The molecule has 3 aromatic rings. The number of aromatic hydroxyl groups is 1. The number of anilines is 2. The summed E-state index contributed by atoms with van der Waals surface area (Å²) in [5.74, 6) is -1.86. The molecule has 0 aliphatic heterocycles. The maximum atomic E-state index is 11.9. The van der Waals surface area contributed by atoms with Gasteiger partial charge in [0.2, 0.25) is 0 Å². The summed E-state index contributed by atoms with van der Waals surface area (Å²) in [7, 11) is 0. The largest absolute Gasteiger partial charge is 0.755 e. The molecule has 0 aliphatic carbocycles. The lowest BCUT2D eigenvalue weighted by atomic mass is 10.0. The first kappa shape index (κ1) is 20.2. The fourth-order valence-corrected chi connectivity index (χ4v) is 3.51. The minimum absolute atomic E-state index is 0.0853. The number of benzene rings is 3. The molecule has 0 aliphatic rings. The van der Waals surface area contributed by atoms with Crippen LogP contribution in [0.3, 0.4) is 0 Å². The molecule has 0 spiro atoms. The van der Waals surface area contributed by atoms with Crippen molar-refractivity contribution in [2.24, 2.45) is 0 Å². The molecule has 3 rings (SSSR count). The Balaban J connectivity index is 2.06. The van der Waals surface area contributed by atoms with Crippen molar-refractivity contribution in [3.05, 3.63) is 76.3 Å². The van der Waals surface area contributed by atoms with Crippen LogP contribution in [0, 0.1) is 0 Å². The summed E-state index contributed by atoms with van der Waals surface area (Å²) < 4.78 is 24.7. The Morgan fingerprint density at radius 2 is 1.61 bits per heavy atom. The van der Waals surface area contributed by atoms with Crippen LogP contribution in [-0.4, -0.2) is 24.9 Å². The lowest BCUT2D eigenvalue weighted by molar-refractivity contribution is 0.0694. The Kier molecular flexibility index (Phi) is 5.90. The second-order valence-electron chi connectivity index (χ2n) is 5.70. The topological polar surface area (TPSA) is 101 Å². The Hall–Kier alpha value is -2.58. The Morgan fingerprint density at radius 1 is 0.929 bits per heavy atom. The predicted molar refractivity (Wildman–Crippen MR) is 108 cm³/mol. The summed E-state index contributed by atoms with van der Waals surface area (Å²) in [6.07, 6.45) is 0. The van der Waals surface area contributed by atoms with E-state index >= 15 is 0 Å². The molecule has 6 nitrogen and oxygen atoms in total. The van der Waals surface area contributed by atoms with Crippen LogP contribution in [0.1, 0.15) is 10.4 Å². The lowest BCUT2D eigenvalue weighted by Crippen LogP contribution is -2.19. The number of halogens is 2. The van der Waals surface area contributed by atoms with E-state index in [0.717, 1.165) is 22.0 Å². The molecule has 0 bridgehead atoms. The van der Waals surface area contributed by atoms with Gasteiger partial charge in [0.15, 0.2) is 0 Å². The minimum atomic E-state index is -2.73. The van der Waals surface area contributed by atoms with Crippen molar-refractivity contribution in [1.82, 2.24) is 0 Å². The van der Waals surface area contributed by atoms with Crippen LogP contribution in [0.5, 0.6) is 5.75 Å². The van der Waals surface area contributed by atoms with Crippen LogP contribution in [0.4, 0.5) is 11.4 Å². The van der Waals surface area contributed by atoms with Gasteiger partial charge >= 0.3 is 5.97 Å². The monoisotopic (exact) mass is 436 g/mol. The van der Waals surface area contributed by atoms with Crippen LogP contribution in [-0.2, 0) is 11.3 Å². The van der Waals surface area contributed by atoms with Gasteiger partial charge in [0.05, 0.1) is 32.7 Å². The third-order valence-corrected chi connectivity index (χ3v) is 5.39. The van der Waals surface area contributed by atoms with Crippen LogP contribution in [0.15, 0.2) is 60.7 Å². The third kappa shape index (κ3) is 4.13. The van der Waals surface area contributed by atoms with Crippen molar-refractivity contribution in [1.29, 1.82) is 0 Å². The maximum Gasteiger partial charge on any atom is 0.339 e. The fourth-order valence-electron chi connectivity index (χ4n) is 2.64. The van der Waals surface area contributed by atoms with Gasteiger partial charge in [-0.05, 0) is 47.5 Å². The summed E-state index contributed by atoms with van der Waals surface area (Å²) in [6.45, 7) is 0. The Bertz CT molecular complexity index is 1090. The van der Waals surface area contributed by atoms with Crippen molar-refractivity contribution in [2.45, 2.75) is 0 Å². The summed E-state index contributed by atoms with van der Waals surface area (Å²) in [6, 6.07) is 15.2. The number of nitrogens with zero attached hydrogens (tertiary/aromatic N) is 1. The van der Waals surface area contributed by atoms with Gasteiger partial charge in [-0.1, -0.05) is 41.4 Å². The number of hydrogen-bond donors (Lipinski definition) is 2. The van der Waals surface area contributed by atoms with Gasteiger partial charge < -0.3 is 14.8 Å². The number of aromatic carboxylic acids is 1. The molecule has 0 aromatic heterocycles.